The average Bonchev–Trinajstić information content (AvgIpc) is 1.90. The molecule has 0 amide bonds. The van der Waals surface area contributed by atoms with Crippen molar-refractivity contribution in [3.8, 4) is 0 Å². The first-order chi connectivity index (χ1) is 4.33. The van der Waals surface area contributed by atoms with Gasteiger partial charge < -0.3 is 0 Å². The Bertz CT molecular complexity index is 181. The molecular formula is C7H8IP. The molecule has 0 N–H and O–H groups in total. The predicted molar refractivity (Wildman–Crippen MR) is 53.1 cm³/mol. The molecule has 0 aliphatic rings. The minimum atomic E-state index is 0.896. The van der Waals surface area contributed by atoms with Crippen LogP contribution in [-0.2, 0) is 0 Å². The molecule has 1 rings (SSSR count). The van der Waals surface area contributed by atoms with Gasteiger partial charge in [0.1, 0.15) is 0 Å². The molecule has 1 aromatic carbocycles. The van der Waals surface area contributed by atoms with Crippen LogP contribution in [0.25, 0.3) is 0 Å². The molecule has 2 heteroatoms. The maximum Gasteiger partial charge on any atom is -0.0170 e. The van der Waals surface area contributed by atoms with Gasteiger partial charge in [-0.2, -0.15) is 0 Å². The van der Waals surface area contributed by atoms with E-state index in [2.05, 4.69) is 53.2 Å². The van der Waals surface area contributed by atoms with Crippen molar-refractivity contribution in [2.45, 2.75) is 6.92 Å². The van der Waals surface area contributed by atoms with Gasteiger partial charge >= 0.3 is 0 Å². The fraction of sp³-hybridized carbons (Fsp3) is 0.143. The van der Waals surface area contributed by atoms with Gasteiger partial charge in [-0.25, -0.2) is 0 Å². The molecule has 0 radical (unpaired) electrons. The van der Waals surface area contributed by atoms with Crippen LogP contribution in [0.15, 0.2) is 24.3 Å². The van der Waals surface area contributed by atoms with E-state index in [0.717, 1.165) is 6.22 Å². The molecule has 0 heterocycles. The summed E-state index contributed by atoms with van der Waals surface area (Å²) in [6, 6.07) is 8.67. The molecule has 48 valence electrons. The quantitative estimate of drug-likeness (QED) is 0.531. The summed E-state index contributed by atoms with van der Waals surface area (Å²) in [5.74, 6) is 0. The lowest BCUT2D eigenvalue weighted by atomic mass is 10.2. The van der Waals surface area contributed by atoms with Gasteiger partial charge in [-0.05, 0) is 18.5 Å². The molecule has 1 aromatic rings. The topological polar surface area (TPSA) is 0 Å². The Hall–Kier alpha value is 0.380. The van der Waals surface area contributed by atoms with Crippen molar-refractivity contribution in [3.05, 3.63) is 29.8 Å². The third kappa shape index (κ3) is 2.23. The summed E-state index contributed by atoms with van der Waals surface area (Å²) in [7, 11) is 0. The monoisotopic (exact) mass is 250 g/mol. The van der Waals surface area contributed by atoms with Gasteiger partial charge in [-0.1, -0.05) is 51.9 Å². The van der Waals surface area contributed by atoms with Crippen LogP contribution in [0.1, 0.15) is 5.56 Å². The molecule has 0 saturated heterocycles. The minimum absolute atomic E-state index is 0.896. The Morgan fingerprint density at radius 2 is 1.78 bits per heavy atom. The maximum absolute atomic E-state index is 2.39. The van der Waals surface area contributed by atoms with E-state index in [1.807, 2.05) is 0 Å². The van der Waals surface area contributed by atoms with E-state index >= 15 is 0 Å². The van der Waals surface area contributed by atoms with Crippen LogP contribution in [0.2, 0.25) is 0 Å². The molecule has 0 bridgehead atoms. The normalized spacial score (nSPS) is 10.9. The lowest BCUT2D eigenvalue weighted by molar-refractivity contribution is 1.49. The summed E-state index contributed by atoms with van der Waals surface area (Å²) in [4.78, 5) is 0. The molecule has 0 spiro atoms. The van der Waals surface area contributed by atoms with Gasteiger partial charge in [0.15, 0.2) is 0 Å². The lowest BCUT2D eigenvalue weighted by Crippen LogP contribution is -1.88. The smallest absolute Gasteiger partial charge is 0.0170 e. The summed E-state index contributed by atoms with van der Waals surface area (Å²) in [5.41, 5.74) is 1.34. The standard InChI is InChI=1S/C7H8IP/c1-6-2-4-7(9-8)5-3-6/h2-5,9H,1H3. The van der Waals surface area contributed by atoms with Crippen molar-refractivity contribution >= 4 is 33.6 Å². The maximum atomic E-state index is 2.39. The number of hydrogen-bond donors (Lipinski definition) is 0. The summed E-state index contributed by atoms with van der Waals surface area (Å²) in [5, 5.41) is 1.43. The van der Waals surface area contributed by atoms with Gasteiger partial charge in [-0.15, -0.1) is 0 Å². The Balaban J connectivity index is 2.88. The van der Waals surface area contributed by atoms with E-state index in [1.54, 1.807) is 0 Å². The molecule has 0 fully saturated rings. The molecule has 0 aliphatic heterocycles. The van der Waals surface area contributed by atoms with Gasteiger partial charge in [0.25, 0.3) is 0 Å². The van der Waals surface area contributed by atoms with Crippen molar-refractivity contribution in [2.75, 3.05) is 0 Å². The number of halogens is 1. The summed E-state index contributed by atoms with van der Waals surface area (Å²) < 4.78 is 0. The number of benzene rings is 1. The van der Waals surface area contributed by atoms with E-state index in [4.69, 9.17) is 0 Å². The molecule has 0 nitrogen and oxygen atoms in total. The SMILES string of the molecule is Cc1ccc(PI)cc1. The van der Waals surface area contributed by atoms with E-state index in [9.17, 15) is 0 Å². The molecule has 0 saturated carbocycles. The zero-order valence-corrected chi connectivity index (χ0v) is 8.34. The third-order valence-electron chi connectivity index (χ3n) is 1.16. The fourth-order valence-corrected chi connectivity index (χ4v) is 1.99. The zero-order valence-electron chi connectivity index (χ0n) is 5.19. The van der Waals surface area contributed by atoms with Crippen molar-refractivity contribution in [2.24, 2.45) is 0 Å². The molecule has 1 atom stereocenters. The Morgan fingerprint density at radius 1 is 1.22 bits per heavy atom. The first kappa shape index (κ1) is 7.49. The number of hydrogen-bond acceptors (Lipinski definition) is 0. The Labute approximate surface area is 70.3 Å². The fourth-order valence-electron chi connectivity index (χ4n) is 0.617. The highest BCUT2D eigenvalue weighted by Crippen LogP contribution is 2.19. The average molecular weight is 250 g/mol. The number of aryl methyl sites for hydroxylation is 1. The molecule has 1 unspecified atom stereocenters. The van der Waals surface area contributed by atoms with Gasteiger partial charge in [0, 0.05) is 0 Å². The van der Waals surface area contributed by atoms with Crippen molar-refractivity contribution < 1.29 is 0 Å². The summed E-state index contributed by atoms with van der Waals surface area (Å²) >= 11 is 2.39. The molecule has 9 heavy (non-hydrogen) atoms. The van der Waals surface area contributed by atoms with E-state index < -0.39 is 0 Å². The summed E-state index contributed by atoms with van der Waals surface area (Å²) in [6.45, 7) is 2.11. The lowest BCUT2D eigenvalue weighted by Gasteiger charge is -1.93. The number of rotatable bonds is 1. The van der Waals surface area contributed by atoms with Crippen LogP contribution in [-0.4, -0.2) is 0 Å². The second kappa shape index (κ2) is 3.52. The highest BCUT2D eigenvalue weighted by molar-refractivity contribution is 14.2. The third-order valence-corrected chi connectivity index (χ3v) is 3.58. The van der Waals surface area contributed by atoms with Crippen LogP contribution in [0, 0.1) is 6.92 Å². The van der Waals surface area contributed by atoms with Gasteiger partial charge in [0.05, 0.1) is 0 Å². The van der Waals surface area contributed by atoms with Crippen LogP contribution < -0.4 is 5.30 Å². The second-order valence-electron chi connectivity index (χ2n) is 1.96. The summed E-state index contributed by atoms with van der Waals surface area (Å²) in [6.07, 6.45) is 0.896. The first-order valence-corrected chi connectivity index (χ1v) is 6.87. The predicted octanol–water partition coefficient (Wildman–Crippen LogP) is 2.65. The van der Waals surface area contributed by atoms with E-state index in [0.29, 0.717) is 0 Å². The zero-order chi connectivity index (χ0) is 6.69. The highest BCUT2D eigenvalue weighted by Gasteiger charge is 1.85. The van der Waals surface area contributed by atoms with E-state index in [-0.39, 0.29) is 0 Å². The Morgan fingerprint density at radius 3 is 2.22 bits per heavy atom. The van der Waals surface area contributed by atoms with Gasteiger partial charge in [0.2, 0.25) is 0 Å². The van der Waals surface area contributed by atoms with Crippen molar-refractivity contribution in [1.29, 1.82) is 0 Å². The van der Waals surface area contributed by atoms with Crippen molar-refractivity contribution in [3.63, 3.8) is 0 Å². The van der Waals surface area contributed by atoms with E-state index in [1.165, 1.54) is 10.9 Å². The van der Waals surface area contributed by atoms with Crippen molar-refractivity contribution in [1.82, 2.24) is 0 Å². The Kier molecular flexibility index (Phi) is 2.93. The molecule has 0 aliphatic carbocycles. The van der Waals surface area contributed by atoms with Crippen LogP contribution in [0.4, 0.5) is 0 Å². The van der Waals surface area contributed by atoms with Gasteiger partial charge in [-0.3, -0.25) is 0 Å². The highest BCUT2D eigenvalue weighted by atomic mass is 127. The molecular weight excluding hydrogens is 242 g/mol. The van der Waals surface area contributed by atoms with Crippen LogP contribution >= 0.6 is 28.3 Å². The second-order valence-corrected chi connectivity index (χ2v) is 4.34. The van der Waals surface area contributed by atoms with Crippen LogP contribution in [0.5, 0.6) is 0 Å². The van der Waals surface area contributed by atoms with Crippen LogP contribution in [0.3, 0.4) is 0 Å². The first-order valence-electron chi connectivity index (χ1n) is 2.76. The largest absolute Gasteiger partial charge is 0.0587 e. The minimum Gasteiger partial charge on any atom is -0.0587 e. The molecule has 0 aromatic heterocycles.